The molecule has 0 N–H and O–H groups in total. The van der Waals surface area contributed by atoms with Gasteiger partial charge in [0.2, 0.25) is 12.0 Å². The van der Waals surface area contributed by atoms with E-state index in [4.69, 9.17) is 4.74 Å². The Hall–Kier alpha value is -1.71. The smallest absolute Gasteiger partial charge is 0.221 e. The molecule has 1 aromatic rings. The molecule has 0 saturated carbocycles. The van der Waals surface area contributed by atoms with Gasteiger partial charge in [-0.3, -0.25) is 9.59 Å². The molecule has 0 heterocycles. The second kappa shape index (κ2) is 6.28. The van der Waals surface area contributed by atoms with Gasteiger partial charge in [-0.15, -0.1) is 0 Å². The van der Waals surface area contributed by atoms with E-state index in [1.165, 1.54) is 13.2 Å². The van der Waals surface area contributed by atoms with Crippen LogP contribution < -0.4 is 4.74 Å². The minimum Gasteiger partial charge on any atom is -0.496 e. The van der Waals surface area contributed by atoms with Crippen LogP contribution in [0.3, 0.4) is 0 Å². The number of halogens is 1. The summed E-state index contributed by atoms with van der Waals surface area (Å²) in [7, 11) is 1.40. The topological polar surface area (TPSA) is 43.4 Å². The lowest BCUT2D eigenvalue weighted by atomic mass is 9.95. The third-order valence-corrected chi connectivity index (χ3v) is 2.95. The number of rotatable bonds is 6. The molecular formula is C14H17FO3. The molecule has 4 heteroatoms. The Kier molecular flexibility index (Phi) is 5.01. The first kappa shape index (κ1) is 14.4. The molecule has 0 saturated heterocycles. The number of benzene rings is 1. The third kappa shape index (κ3) is 2.94. The maximum atomic E-state index is 13.9. The molecule has 0 aromatic heterocycles. The summed E-state index contributed by atoms with van der Waals surface area (Å²) in [4.78, 5) is 23.6. The maximum Gasteiger partial charge on any atom is 0.221 e. The zero-order valence-corrected chi connectivity index (χ0v) is 10.8. The van der Waals surface area contributed by atoms with Crippen molar-refractivity contribution in [2.75, 3.05) is 7.11 Å². The standard InChI is InChI=1S/C14H17FO3/c1-4-9(2)13(16)12(15)14(17)10-7-5-6-8-11(10)18-3/h5-9,12H,4H2,1-3H3. The van der Waals surface area contributed by atoms with Crippen LogP contribution in [-0.2, 0) is 4.79 Å². The Morgan fingerprint density at radius 2 is 1.94 bits per heavy atom. The molecule has 0 aliphatic rings. The quantitative estimate of drug-likeness (QED) is 0.577. The monoisotopic (exact) mass is 252 g/mol. The number of methoxy groups -OCH3 is 1. The van der Waals surface area contributed by atoms with Gasteiger partial charge in [0.05, 0.1) is 12.7 Å². The zero-order chi connectivity index (χ0) is 13.7. The van der Waals surface area contributed by atoms with Crippen LogP contribution in [0.15, 0.2) is 24.3 Å². The van der Waals surface area contributed by atoms with Gasteiger partial charge in [0.25, 0.3) is 0 Å². The van der Waals surface area contributed by atoms with E-state index in [2.05, 4.69) is 0 Å². The summed E-state index contributed by atoms with van der Waals surface area (Å²) in [6.07, 6.45) is -1.60. The van der Waals surface area contributed by atoms with Crippen molar-refractivity contribution in [1.82, 2.24) is 0 Å². The number of Topliss-reactive ketones (excluding diaryl/α,β-unsaturated/α-hetero) is 2. The second-order valence-corrected chi connectivity index (χ2v) is 4.14. The second-order valence-electron chi connectivity index (χ2n) is 4.14. The van der Waals surface area contributed by atoms with Crippen LogP contribution in [0.2, 0.25) is 0 Å². The molecule has 2 atom stereocenters. The highest BCUT2D eigenvalue weighted by Gasteiger charge is 2.31. The van der Waals surface area contributed by atoms with Crippen molar-refractivity contribution in [1.29, 1.82) is 0 Å². The predicted molar refractivity (Wildman–Crippen MR) is 66.7 cm³/mol. The van der Waals surface area contributed by atoms with Crippen molar-refractivity contribution in [2.45, 2.75) is 26.4 Å². The van der Waals surface area contributed by atoms with E-state index < -0.39 is 23.7 Å². The first-order valence-corrected chi connectivity index (χ1v) is 5.87. The van der Waals surface area contributed by atoms with Crippen LogP contribution in [0.1, 0.15) is 30.6 Å². The van der Waals surface area contributed by atoms with Crippen LogP contribution in [0, 0.1) is 5.92 Å². The van der Waals surface area contributed by atoms with E-state index in [0.717, 1.165) is 0 Å². The number of hydrogen-bond acceptors (Lipinski definition) is 3. The molecule has 18 heavy (non-hydrogen) atoms. The summed E-state index contributed by atoms with van der Waals surface area (Å²) in [6.45, 7) is 3.40. The molecule has 0 spiro atoms. The first-order chi connectivity index (χ1) is 8.52. The average Bonchev–Trinajstić information content (AvgIpc) is 2.43. The van der Waals surface area contributed by atoms with Crippen LogP contribution in [0.25, 0.3) is 0 Å². The normalized spacial score (nSPS) is 13.8. The summed E-state index contributed by atoms with van der Waals surface area (Å²) in [6, 6.07) is 6.31. The average molecular weight is 252 g/mol. The fraction of sp³-hybridized carbons (Fsp3) is 0.429. The van der Waals surface area contributed by atoms with E-state index in [-0.39, 0.29) is 11.3 Å². The highest BCUT2D eigenvalue weighted by molar-refractivity contribution is 6.14. The maximum absolute atomic E-state index is 13.9. The third-order valence-electron chi connectivity index (χ3n) is 2.95. The molecule has 1 rings (SSSR count). The molecule has 1 aromatic carbocycles. The van der Waals surface area contributed by atoms with Gasteiger partial charge >= 0.3 is 0 Å². The van der Waals surface area contributed by atoms with Gasteiger partial charge in [0.15, 0.2) is 5.78 Å². The van der Waals surface area contributed by atoms with Gasteiger partial charge in [-0.1, -0.05) is 26.0 Å². The molecule has 98 valence electrons. The number of carbonyl (C=O) groups excluding carboxylic acids is 2. The molecule has 0 fully saturated rings. The highest BCUT2D eigenvalue weighted by Crippen LogP contribution is 2.21. The van der Waals surface area contributed by atoms with E-state index in [0.29, 0.717) is 6.42 Å². The van der Waals surface area contributed by atoms with Crippen molar-refractivity contribution in [3.05, 3.63) is 29.8 Å². The zero-order valence-electron chi connectivity index (χ0n) is 10.8. The molecule has 0 aliphatic carbocycles. The van der Waals surface area contributed by atoms with Crippen molar-refractivity contribution in [2.24, 2.45) is 5.92 Å². The highest BCUT2D eigenvalue weighted by atomic mass is 19.1. The number of para-hydroxylation sites is 1. The summed E-state index contributed by atoms with van der Waals surface area (Å²) in [5, 5.41) is 0. The SMILES string of the molecule is CCC(C)C(=O)C(F)C(=O)c1ccccc1OC. The number of hydrogen-bond donors (Lipinski definition) is 0. The molecule has 2 unspecified atom stereocenters. The fourth-order valence-electron chi connectivity index (χ4n) is 1.56. The minimum absolute atomic E-state index is 0.101. The summed E-state index contributed by atoms with van der Waals surface area (Å²) >= 11 is 0. The predicted octanol–water partition coefficient (Wildman–Crippen LogP) is 2.83. The van der Waals surface area contributed by atoms with Gasteiger partial charge in [-0.05, 0) is 18.6 Å². The van der Waals surface area contributed by atoms with Crippen molar-refractivity contribution >= 4 is 11.6 Å². The lowest BCUT2D eigenvalue weighted by Crippen LogP contribution is -2.30. The minimum atomic E-state index is -2.11. The fourth-order valence-corrected chi connectivity index (χ4v) is 1.56. The van der Waals surface area contributed by atoms with Crippen LogP contribution in [0.4, 0.5) is 4.39 Å². The number of carbonyl (C=O) groups is 2. The Bertz CT molecular complexity index is 442. The molecule has 0 aliphatic heterocycles. The van der Waals surface area contributed by atoms with Crippen molar-refractivity contribution < 1.29 is 18.7 Å². The molecule has 0 amide bonds. The summed E-state index contributed by atoms with van der Waals surface area (Å²) in [5.74, 6) is -1.69. The van der Waals surface area contributed by atoms with E-state index in [1.54, 1.807) is 32.0 Å². The van der Waals surface area contributed by atoms with E-state index in [9.17, 15) is 14.0 Å². The Morgan fingerprint density at radius 1 is 1.33 bits per heavy atom. The largest absolute Gasteiger partial charge is 0.496 e. The Balaban J connectivity index is 2.96. The Labute approximate surface area is 106 Å². The molecular weight excluding hydrogens is 235 g/mol. The molecule has 0 bridgehead atoms. The lowest BCUT2D eigenvalue weighted by molar-refractivity contribution is -0.125. The lowest BCUT2D eigenvalue weighted by Gasteiger charge is -2.13. The van der Waals surface area contributed by atoms with Crippen LogP contribution >= 0.6 is 0 Å². The molecule has 0 radical (unpaired) electrons. The van der Waals surface area contributed by atoms with E-state index >= 15 is 0 Å². The van der Waals surface area contributed by atoms with Gasteiger partial charge in [0, 0.05) is 5.92 Å². The summed E-state index contributed by atoms with van der Waals surface area (Å²) in [5.41, 5.74) is 0.101. The van der Waals surface area contributed by atoms with E-state index in [1.807, 2.05) is 0 Å². The molecule has 3 nitrogen and oxygen atoms in total. The number of ketones is 2. The van der Waals surface area contributed by atoms with Crippen molar-refractivity contribution in [3.63, 3.8) is 0 Å². The van der Waals surface area contributed by atoms with Gasteiger partial charge in [-0.2, -0.15) is 0 Å². The van der Waals surface area contributed by atoms with Crippen molar-refractivity contribution in [3.8, 4) is 5.75 Å². The Morgan fingerprint density at radius 3 is 2.50 bits per heavy atom. The van der Waals surface area contributed by atoms with Crippen LogP contribution in [0.5, 0.6) is 5.75 Å². The number of alkyl halides is 1. The summed E-state index contributed by atoms with van der Waals surface area (Å²) < 4.78 is 18.9. The first-order valence-electron chi connectivity index (χ1n) is 5.87. The van der Waals surface area contributed by atoms with Gasteiger partial charge in [-0.25, -0.2) is 4.39 Å². The van der Waals surface area contributed by atoms with Gasteiger partial charge < -0.3 is 4.74 Å². The number of ether oxygens (including phenoxy) is 1. The van der Waals surface area contributed by atoms with Crippen LogP contribution in [-0.4, -0.2) is 24.8 Å². The van der Waals surface area contributed by atoms with Gasteiger partial charge in [0.1, 0.15) is 5.75 Å².